The molecule has 1 aliphatic carbocycles. The predicted molar refractivity (Wildman–Crippen MR) is 91.5 cm³/mol. The highest BCUT2D eigenvalue weighted by molar-refractivity contribution is 7.93. The van der Waals surface area contributed by atoms with Crippen LogP contribution in [0.4, 0.5) is 0 Å². The maximum Gasteiger partial charge on any atom is 0.237 e. The van der Waals surface area contributed by atoms with Gasteiger partial charge in [-0.25, -0.2) is 22.8 Å². The third-order valence-corrected chi connectivity index (χ3v) is 6.24. The van der Waals surface area contributed by atoms with E-state index in [4.69, 9.17) is 0 Å². The summed E-state index contributed by atoms with van der Waals surface area (Å²) in [4.78, 5) is 4.86. The largest absolute Gasteiger partial charge is 0.248 e. The molecule has 1 unspecified atom stereocenters. The van der Waals surface area contributed by atoms with Crippen LogP contribution in [0.2, 0.25) is 0 Å². The number of fused-ring (bicyclic) bond motifs is 2. The van der Waals surface area contributed by atoms with Gasteiger partial charge in [0, 0.05) is 6.54 Å². The number of benzene rings is 1. The average molecular weight is 344 g/mol. The van der Waals surface area contributed by atoms with Crippen LogP contribution in [0.15, 0.2) is 29.2 Å². The number of sulfonamides is 1. The van der Waals surface area contributed by atoms with E-state index in [1.165, 1.54) is 5.56 Å². The molecule has 1 N–H and O–H groups in total. The second kappa shape index (κ2) is 5.82. The van der Waals surface area contributed by atoms with E-state index in [9.17, 15) is 8.42 Å². The fourth-order valence-electron chi connectivity index (χ4n) is 3.46. The Morgan fingerprint density at radius 2 is 2.08 bits per heavy atom. The van der Waals surface area contributed by atoms with E-state index in [2.05, 4.69) is 20.9 Å². The molecule has 0 bridgehead atoms. The van der Waals surface area contributed by atoms with Crippen LogP contribution in [0.25, 0.3) is 6.08 Å². The van der Waals surface area contributed by atoms with E-state index in [1.807, 2.05) is 29.8 Å². The zero-order chi connectivity index (χ0) is 16.7. The quantitative estimate of drug-likeness (QED) is 0.927. The van der Waals surface area contributed by atoms with Gasteiger partial charge in [-0.2, -0.15) is 5.10 Å². The van der Waals surface area contributed by atoms with Crippen molar-refractivity contribution in [2.45, 2.75) is 45.2 Å². The first-order chi connectivity index (χ1) is 11.5. The highest BCUT2D eigenvalue weighted by Gasteiger charge is 2.30. The Morgan fingerprint density at radius 3 is 2.96 bits per heavy atom. The van der Waals surface area contributed by atoms with Crippen LogP contribution in [-0.2, 0) is 23.0 Å². The maximum absolute atomic E-state index is 12.8. The van der Waals surface area contributed by atoms with Gasteiger partial charge in [0.2, 0.25) is 10.0 Å². The lowest BCUT2D eigenvalue weighted by molar-refractivity contribution is 0.400. The molecular weight excluding hydrogens is 324 g/mol. The van der Waals surface area contributed by atoms with E-state index in [1.54, 1.807) is 6.08 Å². The molecule has 6 nitrogen and oxygen atoms in total. The summed E-state index contributed by atoms with van der Waals surface area (Å²) in [6.07, 6.45) is 4.72. The van der Waals surface area contributed by atoms with Gasteiger partial charge in [-0.1, -0.05) is 24.3 Å². The molecule has 0 fully saturated rings. The van der Waals surface area contributed by atoms with Crippen LogP contribution in [0.1, 0.15) is 48.1 Å². The third-order valence-electron chi connectivity index (χ3n) is 4.64. The molecule has 0 radical (unpaired) electrons. The van der Waals surface area contributed by atoms with Crippen molar-refractivity contribution >= 4 is 16.1 Å². The molecule has 0 spiro atoms. The van der Waals surface area contributed by atoms with Gasteiger partial charge in [-0.3, -0.25) is 0 Å². The van der Waals surface area contributed by atoms with E-state index in [-0.39, 0.29) is 6.04 Å². The number of nitrogens with zero attached hydrogens (tertiary/aromatic N) is 3. The number of hydrogen-bond acceptors (Lipinski definition) is 4. The summed E-state index contributed by atoms with van der Waals surface area (Å²) in [5.74, 6) is 1.40. The number of aryl methyl sites for hydroxylation is 3. The van der Waals surface area contributed by atoms with E-state index >= 15 is 0 Å². The van der Waals surface area contributed by atoms with Gasteiger partial charge in [-0.15, -0.1) is 0 Å². The Labute approximate surface area is 141 Å². The molecule has 0 saturated carbocycles. The summed E-state index contributed by atoms with van der Waals surface area (Å²) in [5, 5.41) is 4.33. The van der Waals surface area contributed by atoms with Crippen LogP contribution < -0.4 is 4.72 Å². The Morgan fingerprint density at radius 1 is 1.25 bits per heavy atom. The fraction of sp³-hybridized carbons (Fsp3) is 0.412. The van der Waals surface area contributed by atoms with E-state index < -0.39 is 10.0 Å². The van der Waals surface area contributed by atoms with Crippen LogP contribution >= 0.6 is 0 Å². The number of nitrogens with one attached hydrogen (secondary N) is 1. The lowest BCUT2D eigenvalue weighted by atomic mass is 9.98. The Hall–Kier alpha value is -1.99. The molecule has 2 heterocycles. The summed E-state index contributed by atoms with van der Waals surface area (Å²) in [6.45, 7) is 2.63. The van der Waals surface area contributed by atoms with Crippen molar-refractivity contribution in [2.24, 2.45) is 0 Å². The average Bonchev–Trinajstić information content (AvgIpc) is 2.95. The van der Waals surface area contributed by atoms with Crippen LogP contribution in [-0.4, -0.2) is 23.2 Å². The van der Waals surface area contributed by atoms with Crippen molar-refractivity contribution < 1.29 is 8.42 Å². The summed E-state index contributed by atoms with van der Waals surface area (Å²) < 4.78 is 30.3. The standard InChI is InChI=1S/C17H20N4O2S/c1-12-18-17-16(7-4-10-21(17)19-12)20-24(22,23)15-9-8-13-5-2-3-6-14(13)11-15/h2-3,5-6,11,16,20H,4,7-10H2,1H3. The Kier molecular flexibility index (Phi) is 3.77. The Balaban J connectivity index is 1.62. The number of rotatable bonds is 3. The number of hydrogen-bond donors (Lipinski definition) is 1. The summed E-state index contributed by atoms with van der Waals surface area (Å²) >= 11 is 0. The molecule has 1 aromatic heterocycles. The molecule has 1 aromatic carbocycles. The van der Waals surface area contributed by atoms with Crippen molar-refractivity contribution in [2.75, 3.05) is 0 Å². The molecule has 0 saturated heterocycles. The topological polar surface area (TPSA) is 76.9 Å². The maximum atomic E-state index is 12.8. The molecular formula is C17H20N4O2S. The van der Waals surface area contributed by atoms with Gasteiger partial charge in [0.1, 0.15) is 11.6 Å². The first kappa shape index (κ1) is 15.5. The second-order valence-corrected chi connectivity index (χ2v) is 8.13. The minimum absolute atomic E-state index is 0.303. The number of aromatic nitrogens is 3. The normalized spacial score (nSPS) is 20.2. The highest BCUT2D eigenvalue weighted by atomic mass is 32.2. The lowest BCUT2D eigenvalue weighted by Crippen LogP contribution is -2.34. The molecule has 2 aliphatic rings. The van der Waals surface area contributed by atoms with Gasteiger partial charge >= 0.3 is 0 Å². The number of allylic oxidation sites excluding steroid dienone is 1. The molecule has 0 amide bonds. The molecule has 1 atom stereocenters. The van der Waals surface area contributed by atoms with Crippen molar-refractivity contribution in [3.8, 4) is 0 Å². The van der Waals surface area contributed by atoms with Gasteiger partial charge in [0.25, 0.3) is 0 Å². The monoisotopic (exact) mass is 344 g/mol. The smallest absolute Gasteiger partial charge is 0.237 e. The van der Waals surface area contributed by atoms with Gasteiger partial charge in [0.05, 0.1) is 10.9 Å². The van der Waals surface area contributed by atoms with Crippen LogP contribution in [0.3, 0.4) is 0 Å². The first-order valence-electron chi connectivity index (χ1n) is 8.25. The molecule has 126 valence electrons. The molecule has 2 aromatic rings. The van der Waals surface area contributed by atoms with E-state index in [0.717, 1.165) is 37.2 Å². The summed E-state index contributed by atoms with van der Waals surface area (Å²) in [6, 6.07) is 7.63. The zero-order valence-electron chi connectivity index (χ0n) is 13.6. The zero-order valence-corrected chi connectivity index (χ0v) is 14.4. The SMILES string of the molecule is Cc1nc2n(n1)CCCC2NS(=O)(=O)C1=Cc2ccccc2CC1. The predicted octanol–water partition coefficient (Wildman–Crippen LogP) is 2.33. The van der Waals surface area contributed by atoms with Gasteiger partial charge in [0.15, 0.2) is 0 Å². The molecule has 7 heteroatoms. The molecule has 24 heavy (non-hydrogen) atoms. The second-order valence-electron chi connectivity index (χ2n) is 6.37. The van der Waals surface area contributed by atoms with Gasteiger partial charge < -0.3 is 0 Å². The van der Waals surface area contributed by atoms with Crippen molar-refractivity contribution in [3.63, 3.8) is 0 Å². The third kappa shape index (κ3) is 2.78. The Bertz CT molecular complexity index is 914. The van der Waals surface area contributed by atoms with Crippen molar-refractivity contribution in [3.05, 3.63) is 51.9 Å². The lowest BCUT2D eigenvalue weighted by Gasteiger charge is -2.24. The first-order valence-corrected chi connectivity index (χ1v) is 9.73. The minimum Gasteiger partial charge on any atom is -0.248 e. The molecule has 4 rings (SSSR count). The van der Waals surface area contributed by atoms with Gasteiger partial charge in [-0.05, 0) is 49.8 Å². The van der Waals surface area contributed by atoms with Crippen LogP contribution in [0, 0.1) is 6.92 Å². The van der Waals surface area contributed by atoms with Crippen LogP contribution in [0.5, 0.6) is 0 Å². The summed E-state index contributed by atoms with van der Waals surface area (Å²) in [5.41, 5.74) is 2.19. The van der Waals surface area contributed by atoms with E-state index in [0.29, 0.717) is 17.2 Å². The molecule has 1 aliphatic heterocycles. The van der Waals surface area contributed by atoms with Crippen molar-refractivity contribution in [1.82, 2.24) is 19.5 Å². The minimum atomic E-state index is -3.53. The fourth-order valence-corrected chi connectivity index (χ4v) is 4.86. The highest BCUT2D eigenvalue weighted by Crippen LogP contribution is 2.29. The summed E-state index contributed by atoms with van der Waals surface area (Å²) in [7, 11) is -3.53. The van der Waals surface area contributed by atoms with Crippen molar-refractivity contribution in [1.29, 1.82) is 0 Å².